The number of rotatable bonds is 2. The molecule has 0 saturated carbocycles. The summed E-state index contributed by atoms with van der Waals surface area (Å²) in [7, 11) is 0. The number of benzene rings is 1. The van der Waals surface area contributed by atoms with Gasteiger partial charge in [-0.05, 0) is 24.3 Å². The molecule has 1 N–H and O–H groups in total. The van der Waals surface area contributed by atoms with Gasteiger partial charge in [0.1, 0.15) is 0 Å². The number of thioether (sulfide) groups is 1. The van der Waals surface area contributed by atoms with E-state index in [1.807, 2.05) is 0 Å². The number of urea groups is 1. The average Bonchev–Trinajstić information content (AvgIpc) is 2.86. The van der Waals surface area contributed by atoms with E-state index >= 15 is 0 Å². The van der Waals surface area contributed by atoms with E-state index in [0.717, 1.165) is 5.69 Å². The first-order chi connectivity index (χ1) is 9.66. The lowest BCUT2D eigenvalue weighted by Gasteiger charge is -2.25. The Kier molecular flexibility index (Phi) is 3.35. The van der Waals surface area contributed by atoms with Gasteiger partial charge in [-0.2, -0.15) is 0 Å². The molecule has 2 saturated heterocycles. The molecular weight excluding hydrogens is 278 g/mol. The second-order valence-corrected chi connectivity index (χ2v) is 5.50. The zero-order chi connectivity index (χ0) is 14.1. The third kappa shape index (κ3) is 2.24. The van der Waals surface area contributed by atoms with Crippen LogP contribution in [0.2, 0.25) is 0 Å². The van der Waals surface area contributed by atoms with Crippen molar-refractivity contribution in [3.63, 3.8) is 0 Å². The minimum atomic E-state index is -0.196. The first-order valence-corrected chi connectivity index (χ1v) is 7.41. The molecule has 2 heterocycles. The number of carbonyl (C=O) groups excluding carboxylic acids is 3. The van der Waals surface area contributed by atoms with E-state index in [1.54, 1.807) is 29.2 Å². The van der Waals surface area contributed by atoms with E-state index in [2.05, 4.69) is 5.32 Å². The molecule has 0 aromatic heterocycles. The fraction of sp³-hybridized carbons (Fsp3) is 0.308. The van der Waals surface area contributed by atoms with Crippen molar-refractivity contribution in [3.8, 4) is 0 Å². The van der Waals surface area contributed by atoms with Crippen LogP contribution < -0.4 is 15.1 Å². The van der Waals surface area contributed by atoms with Crippen molar-refractivity contribution in [2.75, 3.05) is 34.4 Å². The Labute approximate surface area is 120 Å². The van der Waals surface area contributed by atoms with E-state index < -0.39 is 0 Å². The molecule has 1 aromatic rings. The Morgan fingerprint density at radius 1 is 0.950 bits per heavy atom. The predicted molar refractivity (Wildman–Crippen MR) is 77.0 cm³/mol. The summed E-state index contributed by atoms with van der Waals surface area (Å²) in [5.41, 5.74) is 1.32. The number of amides is 4. The highest BCUT2D eigenvalue weighted by Crippen LogP contribution is 2.25. The molecule has 0 atom stereocenters. The second-order valence-electron chi connectivity index (χ2n) is 4.52. The van der Waals surface area contributed by atoms with Crippen molar-refractivity contribution in [2.45, 2.75) is 0 Å². The first kappa shape index (κ1) is 13.0. The Hall–Kier alpha value is -2.02. The van der Waals surface area contributed by atoms with Crippen molar-refractivity contribution in [2.24, 2.45) is 0 Å². The molecule has 7 heteroatoms. The predicted octanol–water partition coefficient (Wildman–Crippen LogP) is 0.823. The van der Waals surface area contributed by atoms with Crippen LogP contribution >= 0.6 is 11.8 Å². The molecule has 0 spiro atoms. The van der Waals surface area contributed by atoms with E-state index in [4.69, 9.17) is 0 Å². The van der Waals surface area contributed by atoms with Crippen LogP contribution in [-0.4, -0.2) is 42.4 Å². The van der Waals surface area contributed by atoms with Crippen LogP contribution in [0.15, 0.2) is 24.3 Å². The standard InChI is InChI=1S/C13H13N3O3S/c17-11-7-20-8-12(18)16(11)10-3-1-9(2-4-10)15-6-5-14-13(15)19/h1-4H,5-8H2,(H,14,19). The van der Waals surface area contributed by atoms with Gasteiger partial charge >= 0.3 is 6.03 Å². The van der Waals surface area contributed by atoms with Crippen molar-refractivity contribution in [1.82, 2.24) is 5.32 Å². The Bertz CT molecular complexity index is 557. The van der Waals surface area contributed by atoms with E-state index in [9.17, 15) is 14.4 Å². The molecule has 0 radical (unpaired) electrons. The maximum atomic E-state index is 11.8. The van der Waals surface area contributed by atoms with E-state index in [-0.39, 0.29) is 17.8 Å². The van der Waals surface area contributed by atoms with Crippen molar-refractivity contribution in [1.29, 1.82) is 0 Å². The largest absolute Gasteiger partial charge is 0.336 e. The van der Waals surface area contributed by atoms with Gasteiger partial charge in [0.05, 0.1) is 17.2 Å². The third-order valence-corrected chi connectivity index (χ3v) is 4.13. The van der Waals surface area contributed by atoms with Crippen molar-refractivity contribution >= 4 is 41.0 Å². The van der Waals surface area contributed by atoms with Gasteiger partial charge in [0, 0.05) is 18.8 Å². The van der Waals surface area contributed by atoms with Gasteiger partial charge in [-0.3, -0.25) is 14.5 Å². The average molecular weight is 291 g/mol. The summed E-state index contributed by atoms with van der Waals surface area (Å²) >= 11 is 1.33. The highest BCUT2D eigenvalue weighted by atomic mass is 32.2. The van der Waals surface area contributed by atoms with Gasteiger partial charge in [0.2, 0.25) is 11.8 Å². The zero-order valence-corrected chi connectivity index (χ0v) is 11.5. The molecule has 2 aliphatic rings. The smallest absolute Gasteiger partial charge is 0.321 e. The topological polar surface area (TPSA) is 69.7 Å². The highest BCUT2D eigenvalue weighted by Gasteiger charge is 2.28. The molecule has 0 unspecified atom stereocenters. The van der Waals surface area contributed by atoms with Crippen LogP contribution in [0, 0.1) is 0 Å². The van der Waals surface area contributed by atoms with E-state index in [1.165, 1.54) is 16.7 Å². The highest BCUT2D eigenvalue weighted by molar-refractivity contribution is 8.00. The van der Waals surface area contributed by atoms with Crippen LogP contribution in [-0.2, 0) is 9.59 Å². The van der Waals surface area contributed by atoms with Crippen molar-refractivity contribution < 1.29 is 14.4 Å². The molecule has 6 nitrogen and oxygen atoms in total. The molecule has 3 rings (SSSR count). The van der Waals surface area contributed by atoms with Gasteiger partial charge in [-0.1, -0.05) is 0 Å². The van der Waals surface area contributed by atoms with Crippen LogP contribution in [0.3, 0.4) is 0 Å². The maximum absolute atomic E-state index is 11.8. The maximum Gasteiger partial charge on any atom is 0.321 e. The molecule has 0 aliphatic carbocycles. The lowest BCUT2D eigenvalue weighted by Crippen LogP contribution is -2.43. The molecule has 1 aromatic carbocycles. The normalized spacial score (nSPS) is 19.5. The number of nitrogens with one attached hydrogen (secondary N) is 1. The van der Waals surface area contributed by atoms with Crippen LogP contribution in [0.5, 0.6) is 0 Å². The quantitative estimate of drug-likeness (QED) is 0.819. The monoisotopic (exact) mass is 291 g/mol. The lowest BCUT2D eigenvalue weighted by molar-refractivity contribution is -0.124. The van der Waals surface area contributed by atoms with Crippen molar-refractivity contribution in [3.05, 3.63) is 24.3 Å². The summed E-state index contributed by atoms with van der Waals surface area (Å²) in [4.78, 5) is 38.0. The fourth-order valence-electron chi connectivity index (χ4n) is 2.28. The number of imide groups is 1. The number of hydrogen-bond donors (Lipinski definition) is 1. The van der Waals surface area contributed by atoms with Gasteiger partial charge in [0.15, 0.2) is 0 Å². The third-order valence-electron chi connectivity index (χ3n) is 3.23. The minimum absolute atomic E-state index is 0.126. The lowest BCUT2D eigenvalue weighted by atomic mass is 10.2. The van der Waals surface area contributed by atoms with Gasteiger partial charge < -0.3 is 5.32 Å². The van der Waals surface area contributed by atoms with Gasteiger partial charge in [0.25, 0.3) is 0 Å². The Morgan fingerprint density at radius 2 is 1.55 bits per heavy atom. The minimum Gasteiger partial charge on any atom is -0.336 e. The van der Waals surface area contributed by atoms with Gasteiger partial charge in [-0.25, -0.2) is 9.69 Å². The molecule has 104 valence electrons. The summed E-state index contributed by atoms with van der Waals surface area (Å²) in [5, 5.41) is 2.73. The Balaban J connectivity index is 1.83. The molecule has 0 bridgehead atoms. The summed E-state index contributed by atoms with van der Waals surface area (Å²) in [5.74, 6) is 0.250. The molecule has 2 fully saturated rings. The summed E-state index contributed by atoms with van der Waals surface area (Å²) in [6.45, 7) is 1.25. The molecule has 4 amide bonds. The van der Waals surface area contributed by atoms with Gasteiger partial charge in [-0.15, -0.1) is 11.8 Å². The number of hydrogen-bond acceptors (Lipinski definition) is 4. The molecule has 20 heavy (non-hydrogen) atoms. The first-order valence-electron chi connectivity index (χ1n) is 6.26. The second kappa shape index (κ2) is 5.16. The van der Waals surface area contributed by atoms with Crippen LogP contribution in [0.4, 0.5) is 16.2 Å². The van der Waals surface area contributed by atoms with E-state index in [0.29, 0.717) is 30.3 Å². The zero-order valence-electron chi connectivity index (χ0n) is 10.7. The number of anilines is 2. The van der Waals surface area contributed by atoms with Crippen LogP contribution in [0.25, 0.3) is 0 Å². The SMILES string of the molecule is O=C1NCCN1c1ccc(N2C(=O)CSCC2=O)cc1. The fourth-order valence-corrected chi connectivity index (χ4v) is 2.99. The summed E-state index contributed by atoms with van der Waals surface area (Å²) in [6.07, 6.45) is 0. The Morgan fingerprint density at radius 3 is 2.10 bits per heavy atom. The summed E-state index contributed by atoms with van der Waals surface area (Å²) < 4.78 is 0. The van der Waals surface area contributed by atoms with Crippen LogP contribution in [0.1, 0.15) is 0 Å². The molecular formula is C13H13N3O3S. The number of carbonyl (C=O) groups is 3. The number of nitrogens with zero attached hydrogens (tertiary/aromatic N) is 2. The molecule has 2 aliphatic heterocycles. The summed E-state index contributed by atoms with van der Waals surface area (Å²) in [6, 6.07) is 6.78.